The van der Waals surface area contributed by atoms with Gasteiger partial charge in [0.1, 0.15) is 0 Å². The molecule has 2 heterocycles. The van der Waals surface area contributed by atoms with Gasteiger partial charge in [-0.2, -0.15) is 0 Å². The Bertz CT molecular complexity index is 1230. The maximum atomic E-state index is 12.5. The molecule has 0 atom stereocenters. The molecule has 7 nitrogen and oxygen atoms in total. The number of hydrogen-bond donors (Lipinski definition) is 0. The van der Waals surface area contributed by atoms with Gasteiger partial charge in [-0.05, 0) is 54.1 Å². The predicted octanol–water partition coefficient (Wildman–Crippen LogP) is 5.16. The van der Waals surface area contributed by atoms with Gasteiger partial charge in [-0.1, -0.05) is 29.3 Å². The number of nitrogens with zero attached hydrogens (tertiary/aromatic N) is 1. The number of esters is 2. The molecule has 1 aliphatic heterocycles. The quantitative estimate of drug-likeness (QED) is 0.298. The van der Waals surface area contributed by atoms with Gasteiger partial charge in [0.2, 0.25) is 0 Å². The smallest absolute Gasteiger partial charge is 0.363 e. The average Bonchev–Trinajstić information content (AvgIpc) is 3.39. The second kappa shape index (κ2) is 8.67. The van der Waals surface area contributed by atoms with Crippen LogP contribution in [0.5, 0.6) is 11.5 Å². The van der Waals surface area contributed by atoms with Crippen LogP contribution in [0.3, 0.4) is 0 Å². The van der Waals surface area contributed by atoms with Crippen LogP contribution in [0.15, 0.2) is 69.9 Å². The van der Waals surface area contributed by atoms with Crippen molar-refractivity contribution < 1.29 is 28.2 Å². The summed E-state index contributed by atoms with van der Waals surface area (Å²) in [6.45, 7) is 0. The van der Waals surface area contributed by atoms with Crippen molar-refractivity contribution in [1.29, 1.82) is 0 Å². The van der Waals surface area contributed by atoms with Gasteiger partial charge in [0.05, 0.1) is 24.0 Å². The number of carbonyl (C=O) groups excluding carboxylic acids is 2. The van der Waals surface area contributed by atoms with E-state index in [1.54, 1.807) is 24.3 Å². The van der Waals surface area contributed by atoms with E-state index in [-0.39, 0.29) is 33.7 Å². The van der Waals surface area contributed by atoms with Gasteiger partial charge >= 0.3 is 11.9 Å². The summed E-state index contributed by atoms with van der Waals surface area (Å²) in [7, 11) is 1.43. The predicted molar refractivity (Wildman–Crippen MR) is 114 cm³/mol. The molecule has 0 fully saturated rings. The van der Waals surface area contributed by atoms with Crippen LogP contribution in [-0.4, -0.2) is 24.9 Å². The molecule has 0 bridgehead atoms. The van der Waals surface area contributed by atoms with Crippen LogP contribution in [0, 0.1) is 0 Å². The third kappa shape index (κ3) is 4.47. The van der Waals surface area contributed by atoms with Crippen molar-refractivity contribution in [2.24, 2.45) is 4.99 Å². The van der Waals surface area contributed by atoms with E-state index in [2.05, 4.69) is 4.99 Å². The molecule has 0 N–H and O–H groups in total. The van der Waals surface area contributed by atoms with Gasteiger partial charge in [-0.15, -0.1) is 0 Å². The van der Waals surface area contributed by atoms with Gasteiger partial charge < -0.3 is 18.6 Å². The molecule has 156 valence electrons. The van der Waals surface area contributed by atoms with Gasteiger partial charge in [0.15, 0.2) is 23.0 Å². The summed E-state index contributed by atoms with van der Waals surface area (Å²) in [6, 6.07) is 12.5. The zero-order valence-electron chi connectivity index (χ0n) is 15.9. The molecule has 9 heteroatoms. The van der Waals surface area contributed by atoms with Crippen LogP contribution in [0.4, 0.5) is 0 Å². The third-order valence-electron chi connectivity index (χ3n) is 4.20. The van der Waals surface area contributed by atoms with Gasteiger partial charge in [-0.3, -0.25) is 0 Å². The minimum atomic E-state index is -0.668. The highest BCUT2D eigenvalue weighted by Gasteiger charge is 2.26. The molecule has 1 aliphatic rings. The summed E-state index contributed by atoms with van der Waals surface area (Å²) >= 11 is 11.9. The number of hydrogen-bond acceptors (Lipinski definition) is 7. The highest BCUT2D eigenvalue weighted by Crippen LogP contribution is 2.31. The molecule has 0 radical (unpaired) electrons. The Morgan fingerprint density at radius 2 is 1.94 bits per heavy atom. The highest BCUT2D eigenvalue weighted by atomic mass is 35.5. The number of rotatable bonds is 5. The van der Waals surface area contributed by atoms with Crippen LogP contribution in [-0.2, 0) is 9.53 Å². The summed E-state index contributed by atoms with van der Waals surface area (Å²) < 4.78 is 21.0. The Morgan fingerprint density at radius 1 is 1.10 bits per heavy atom. The topological polar surface area (TPSA) is 87.3 Å². The lowest BCUT2D eigenvalue weighted by Gasteiger charge is -2.11. The fraction of sp³-hybridized carbons (Fsp3) is 0.0455. The number of furan rings is 1. The maximum absolute atomic E-state index is 12.5. The van der Waals surface area contributed by atoms with E-state index >= 15 is 0 Å². The molecule has 0 saturated heterocycles. The second-order valence-electron chi connectivity index (χ2n) is 6.24. The van der Waals surface area contributed by atoms with Crippen molar-refractivity contribution >= 4 is 47.1 Å². The summed E-state index contributed by atoms with van der Waals surface area (Å²) in [5, 5.41) is 0.572. The van der Waals surface area contributed by atoms with Crippen molar-refractivity contribution in [2.75, 3.05) is 7.11 Å². The summed E-state index contributed by atoms with van der Waals surface area (Å²) in [5.41, 5.74) is 0.830. The molecule has 0 saturated carbocycles. The summed E-state index contributed by atoms with van der Waals surface area (Å²) in [5.74, 6) is -0.406. The largest absolute Gasteiger partial charge is 0.493 e. The monoisotopic (exact) mass is 457 g/mol. The van der Waals surface area contributed by atoms with Crippen molar-refractivity contribution in [3.8, 4) is 11.5 Å². The van der Waals surface area contributed by atoms with Crippen LogP contribution < -0.4 is 9.47 Å². The lowest BCUT2D eigenvalue weighted by Crippen LogP contribution is -2.10. The second-order valence-corrected chi connectivity index (χ2v) is 7.08. The van der Waals surface area contributed by atoms with Crippen LogP contribution in [0.25, 0.3) is 6.08 Å². The summed E-state index contributed by atoms with van der Waals surface area (Å²) in [4.78, 5) is 28.7. The number of aliphatic imine (C=N–C) groups is 1. The lowest BCUT2D eigenvalue weighted by molar-refractivity contribution is -0.130. The van der Waals surface area contributed by atoms with E-state index < -0.39 is 11.9 Å². The van der Waals surface area contributed by atoms with E-state index in [1.165, 1.54) is 43.7 Å². The highest BCUT2D eigenvalue weighted by molar-refractivity contribution is 6.36. The van der Waals surface area contributed by atoms with E-state index in [4.69, 9.17) is 41.8 Å². The van der Waals surface area contributed by atoms with Crippen molar-refractivity contribution in [2.45, 2.75) is 0 Å². The van der Waals surface area contributed by atoms with Crippen LogP contribution in [0.2, 0.25) is 10.0 Å². The Balaban J connectivity index is 1.58. The summed E-state index contributed by atoms with van der Waals surface area (Å²) in [6.07, 6.45) is 2.97. The molecule has 31 heavy (non-hydrogen) atoms. The zero-order valence-corrected chi connectivity index (χ0v) is 17.4. The Kier molecular flexibility index (Phi) is 5.79. The van der Waals surface area contributed by atoms with Gasteiger partial charge in [0, 0.05) is 5.02 Å². The lowest BCUT2D eigenvalue weighted by atomic mass is 10.1. The normalized spacial score (nSPS) is 14.4. The number of benzene rings is 2. The number of methoxy groups -OCH3 is 1. The number of ether oxygens (including phenoxy) is 3. The fourth-order valence-corrected chi connectivity index (χ4v) is 3.23. The average molecular weight is 458 g/mol. The number of carbonyl (C=O) groups is 2. The minimum absolute atomic E-state index is 0.0820. The standard InChI is InChI=1S/C22H13Cl2NO6/c1-28-19-10-12(9-16-22(27)31-20(25-16)18-3-2-8-29-18)4-7-17(19)30-21(26)14-6-5-13(23)11-15(14)24/h2-11H,1H3/b16-9+. The van der Waals surface area contributed by atoms with E-state index in [9.17, 15) is 9.59 Å². The molecule has 4 rings (SSSR count). The number of halogens is 2. The van der Waals surface area contributed by atoms with Gasteiger partial charge in [-0.25, -0.2) is 14.6 Å². The first-order valence-electron chi connectivity index (χ1n) is 8.86. The van der Waals surface area contributed by atoms with E-state index in [0.29, 0.717) is 16.3 Å². The van der Waals surface area contributed by atoms with Crippen molar-refractivity contribution in [3.63, 3.8) is 0 Å². The molecule has 0 unspecified atom stereocenters. The maximum Gasteiger partial charge on any atom is 0.363 e. The number of cyclic esters (lactones) is 1. The molecular formula is C22H13Cl2NO6. The molecular weight excluding hydrogens is 445 g/mol. The molecule has 3 aromatic rings. The Labute approximate surface area is 186 Å². The molecule has 2 aromatic carbocycles. The first-order valence-corrected chi connectivity index (χ1v) is 9.62. The minimum Gasteiger partial charge on any atom is -0.493 e. The first kappa shape index (κ1) is 20.7. The molecule has 0 aliphatic carbocycles. The third-order valence-corrected chi connectivity index (χ3v) is 4.75. The van der Waals surface area contributed by atoms with E-state index in [1.807, 2.05) is 0 Å². The van der Waals surface area contributed by atoms with Crippen LogP contribution in [0.1, 0.15) is 21.7 Å². The van der Waals surface area contributed by atoms with Gasteiger partial charge in [0.25, 0.3) is 5.90 Å². The first-order chi connectivity index (χ1) is 14.9. The van der Waals surface area contributed by atoms with Crippen molar-refractivity contribution in [3.05, 3.63) is 87.4 Å². The molecule has 0 amide bonds. The zero-order chi connectivity index (χ0) is 22.0. The Morgan fingerprint density at radius 3 is 2.65 bits per heavy atom. The van der Waals surface area contributed by atoms with Crippen LogP contribution >= 0.6 is 23.2 Å². The van der Waals surface area contributed by atoms with Crippen molar-refractivity contribution in [1.82, 2.24) is 0 Å². The molecule has 1 aromatic heterocycles. The Hall–Kier alpha value is -3.55. The van der Waals surface area contributed by atoms with E-state index in [0.717, 1.165) is 0 Å². The molecule has 0 spiro atoms. The SMILES string of the molecule is COc1cc(/C=C2/N=C(c3ccco3)OC2=O)ccc1OC(=O)c1ccc(Cl)cc1Cl. The fourth-order valence-electron chi connectivity index (χ4n) is 2.74.